The standard InChI is InChI=1S/C14H12BrNO5S/c1-21-11-5-3-10(4-6-11)16-22(19,20)13-8-9(14(17)18)2-7-12(13)15/h2-8,16H,1H3,(H,17,18)/p-1. The van der Waals surface area contributed by atoms with Crippen molar-refractivity contribution in [2.75, 3.05) is 11.8 Å². The number of carbonyl (C=O) groups excluding carboxylic acids is 1. The van der Waals surface area contributed by atoms with Gasteiger partial charge in [-0.1, -0.05) is 6.07 Å². The lowest BCUT2D eigenvalue weighted by molar-refractivity contribution is -0.255. The number of anilines is 1. The predicted octanol–water partition coefficient (Wildman–Crippen LogP) is 1.62. The van der Waals surface area contributed by atoms with Crippen molar-refractivity contribution in [3.63, 3.8) is 0 Å². The number of carboxylic acids is 1. The maximum absolute atomic E-state index is 12.4. The Morgan fingerprint density at radius 2 is 1.82 bits per heavy atom. The zero-order chi connectivity index (χ0) is 16.3. The highest BCUT2D eigenvalue weighted by molar-refractivity contribution is 9.10. The summed E-state index contributed by atoms with van der Waals surface area (Å²) in [7, 11) is -2.45. The molecule has 0 amide bonds. The molecule has 0 saturated heterocycles. The van der Waals surface area contributed by atoms with Crippen molar-refractivity contribution in [3.8, 4) is 5.75 Å². The molecular weight excluding hydrogens is 374 g/mol. The van der Waals surface area contributed by atoms with Crippen LogP contribution >= 0.6 is 15.9 Å². The van der Waals surface area contributed by atoms with Crippen LogP contribution < -0.4 is 14.6 Å². The molecule has 2 rings (SSSR count). The molecule has 0 atom stereocenters. The van der Waals surface area contributed by atoms with Crippen LogP contribution in [0.2, 0.25) is 0 Å². The van der Waals surface area contributed by atoms with Gasteiger partial charge in [-0.05, 0) is 57.9 Å². The number of nitrogens with one attached hydrogen (secondary N) is 1. The van der Waals surface area contributed by atoms with Crippen LogP contribution in [0.25, 0.3) is 0 Å². The molecule has 0 bridgehead atoms. The Hall–Kier alpha value is -2.06. The second kappa shape index (κ2) is 6.37. The van der Waals surface area contributed by atoms with Crippen LogP contribution in [0.15, 0.2) is 51.8 Å². The molecule has 0 spiro atoms. The van der Waals surface area contributed by atoms with Gasteiger partial charge in [0.15, 0.2) is 0 Å². The van der Waals surface area contributed by atoms with Gasteiger partial charge in [-0.3, -0.25) is 4.72 Å². The summed E-state index contributed by atoms with van der Waals surface area (Å²) in [4.78, 5) is 10.7. The largest absolute Gasteiger partial charge is 0.545 e. The minimum absolute atomic E-state index is 0.190. The van der Waals surface area contributed by atoms with E-state index in [1.807, 2.05) is 0 Å². The minimum atomic E-state index is -3.95. The molecule has 0 heterocycles. The van der Waals surface area contributed by atoms with Crippen molar-refractivity contribution < 1.29 is 23.1 Å². The van der Waals surface area contributed by atoms with Gasteiger partial charge < -0.3 is 14.6 Å². The number of methoxy groups -OCH3 is 1. The lowest BCUT2D eigenvalue weighted by atomic mass is 10.2. The maximum Gasteiger partial charge on any atom is 0.263 e. The summed E-state index contributed by atoms with van der Waals surface area (Å²) in [6, 6.07) is 9.90. The summed E-state index contributed by atoms with van der Waals surface area (Å²) >= 11 is 3.10. The zero-order valence-corrected chi connectivity index (χ0v) is 13.8. The molecule has 0 aliphatic carbocycles. The van der Waals surface area contributed by atoms with Crippen molar-refractivity contribution in [1.82, 2.24) is 0 Å². The third-order valence-electron chi connectivity index (χ3n) is 2.80. The molecule has 0 aromatic heterocycles. The van der Waals surface area contributed by atoms with E-state index in [2.05, 4.69) is 20.7 Å². The summed E-state index contributed by atoms with van der Waals surface area (Å²) in [6.45, 7) is 0. The van der Waals surface area contributed by atoms with Crippen molar-refractivity contribution in [1.29, 1.82) is 0 Å². The van der Waals surface area contributed by atoms with Gasteiger partial charge in [0.05, 0.1) is 13.1 Å². The Morgan fingerprint density at radius 3 is 2.36 bits per heavy atom. The number of hydrogen-bond donors (Lipinski definition) is 1. The fourth-order valence-electron chi connectivity index (χ4n) is 1.71. The van der Waals surface area contributed by atoms with Crippen LogP contribution in [-0.4, -0.2) is 21.5 Å². The molecule has 8 heteroatoms. The Bertz CT molecular complexity index is 802. The topological polar surface area (TPSA) is 95.5 Å². The molecular formula is C14H11BrNO5S-. The smallest absolute Gasteiger partial charge is 0.263 e. The van der Waals surface area contributed by atoms with E-state index in [4.69, 9.17) is 4.74 Å². The van der Waals surface area contributed by atoms with Gasteiger partial charge in [0, 0.05) is 10.2 Å². The zero-order valence-electron chi connectivity index (χ0n) is 11.4. The highest BCUT2D eigenvalue weighted by Gasteiger charge is 2.18. The monoisotopic (exact) mass is 384 g/mol. The van der Waals surface area contributed by atoms with E-state index < -0.39 is 16.0 Å². The van der Waals surface area contributed by atoms with E-state index >= 15 is 0 Å². The second-order valence-corrected chi connectivity index (χ2v) is 6.77. The molecule has 22 heavy (non-hydrogen) atoms. The first-order valence-electron chi connectivity index (χ1n) is 6.01. The second-order valence-electron chi connectivity index (χ2n) is 4.27. The van der Waals surface area contributed by atoms with Gasteiger partial charge in [0.2, 0.25) is 0 Å². The Balaban J connectivity index is 2.37. The maximum atomic E-state index is 12.4. The average Bonchev–Trinajstić information content (AvgIpc) is 2.47. The van der Waals surface area contributed by atoms with Crippen LogP contribution in [0.5, 0.6) is 5.75 Å². The first-order chi connectivity index (χ1) is 10.3. The molecule has 116 valence electrons. The number of rotatable bonds is 5. The molecule has 0 radical (unpaired) electrons. The third kappa shape index (κ3) is 3.58. The number of carboxylic acid groups (broad SMARTS) is 1. The number of carbonyl (C=O) groups is 1. The van der Waals surface area contributed by atoms with E-state index in [9.17, 15) is 18.3 Å². The molecule has 2 aromatic carbocycles. The number of halogens is 1. The number of benzene rings is 2. The normalized spacial score (nSPS) is 11.0. The van der Waals surface area contributed by atoms with E-state index in [1.54, 1.807) is 12.1 Å². The molecule has 0 fully saturated rings. The molecule has 1 N–H and O–H groups in total. The van der Waals surface area contributed by atoms with Crippen LogP contribution in [0.1, 0.15) is 10.4 Å². The quantitative estimate of drug-likeness (QED) is 0.844. The van der Waals surface area contributed by atoms with Crippen LogP contribution in [0.4, 0.5) is 5.69 Å². The SMILES string of the molecule is COc1ccc(NS(=O)(=O)c2cc(C(=O)[O-])ccc2Br)cc1. The van der Waals surface area contributed by atoms with Gasteiger partial charge in [-0.25, -0.2) is 8.42 Å². The Labute approximate surface area is 135 Å². The lowest BCUT2D eigenvalue weighted by Crippen LogP contribution is -2.23. The molecule has 0 saturated carbocycles. The van der Waals surface area contributed by atoms with Crippen molar-refractivity contribution in [2.45, 2.75) is 4.90 Å². The van der Waals surface area contributed by atoms with Crippen molar-refractivity contribution in [2.24, 2.45) is 0 Å². The Morgan fingerprint density at radius 1 is 1.18 bits per heavy atom. The number of sulfonamides is 1. The lowest BCUT2D eigenvalue weighted by Gasteiger charge is -2.12. The number of hydrogen-bond acceptors (Lipinski definition) is 5. The highest BCUT2D eigenvalue weighted by Crippen LogP contribution is 2.26. The Kier molecular flexibility index (Phi) is 4.72. The van der Waals surface area contributed by atoms with Gasteiger partial charge in [-0.15, -0.1) is 0 Å². The molecule has 2 aromatic rings. The van der Waals surface area contributed by atoms with Crippen molar-refractivity contribution >= 4 is 37.6 Å². The third-order valence-corrected chi connectivity index (χ3v) is 5.17. The summed E-state index contributed by atoms with van der Waals surface area (Å²) in [5.41, 5.74) is 0.102. The van der Waals surface area contributed by atoms with Gasteiger partial charge in [0.25, 0.3) is 10.0 Å². The summed E-state index contributed by atoms with van der Waals surface area (Å²) < 4.78 is 32.3. The van der Waals surface area contributed by atoms with Crippen molar-refractivity contribution in [3.05, 3.63) is 52.5 Å². The van der Waals surface area contributed by atoms with E-state index in [0.717, 1.165) is 6.07 Å². The first kappa shape index (κ1) is 16.3. The molecule has 0 aliphatic heterocycles. The highest BCUT2D eigenvalue weighted by atomic mass is 79.9. The van der Waals surface area contributed by atoms with E-state index in [-0.39, 0.29) is 14.9 Å². The number of ether oxygens (including phenoxy) is 1. The van der Waals surface area contributed by atoms with Gasteiger partial charge in [-0.2, -0.15) is 0 Å². The minimum Gasteiger partial charge on any atom is -0.545 e. The molecule has 0 unspecified atom stereocenters. The van der Waals surface area contributed by atoms with Gasteiger partial charge >= 0.3 is 0 Å². The fourth-order valence-corrected chi connectivity index (χ4v) is 3.75. The van der Waals surface area contributed by atoms with E-state index in [0.29, 0.717) is 11.4 Å². The first-order valence-corrected chi connectivity index (χ1v) is 8.29. The number of aromatic carboxylic acids is 1. The molecule has 6 nitrogen and oxygen atoms in total. The summed E-state index contributed by atoms with van der Waals surface area (Å²) in [5.74, 6) is -0.864. The summed E-state index contributed by atoms with van der Waals surface area (Å²) in [6.07, 6.45) is 0. The molecule has 0 aliphatic rings. The summed E-state index contributed by atoms with van der Waals surface area (Å²) in [5, 5.41) is 10.9. The van der Waals surface area contributed by atoms with Crippen LogP contribution in [0.3, 0.4) is 0 Å². The fraction of sp³-hybridized carbons (Fsp3) is 0.0714. The average molecular weight is 385 g/mol. The van der Waals surface area contributed by atoms with Crippen LogP contribution in [-0.2, 0) is 10.0 Å². The van der Waals surface area contributed by atoms with Gasteiger partial charge in [0.1, 0.15) is 10.6 Å². The predicted molar refractivity (Wildman–Crippen MR) is 82.3 cm³/mol. The van der Waals surface area contributed by atoms with Crippen LogP contribution in [0, 0.1) is 0 Å². The van der Waals surface area contributed by atoms with E-state index in [1.165, 1.54) is 31.4 Å².